The van der Waals surface area contributed by atoms with Crippen LogP contribution in [0.2, 0.25) is 0 Å². The molecule has 7 heteroatoms. The maximum Gasteiger partial charge on any atom is 0.425 e. The second-order valence-corrected chi connectivity index (χ2v) is 4.66. The summed E-state index contributed by atoms with van der Waals surface area (Å²) >= 11 is 7.93. The Balaban J connectivity index is 3.03. The smallest absolute Gasteiger partial charge is 0.425 e. The minimum absolute atomic E-state index is 0.0179. The molecular weight excluding hydrogens is 319 g/mol. The van der Waals surface area contributed by atoms with Crippen molar-refractivity contribution in [3.8, 4) is 5.75 Å². The number of nitrogens with two attached hydrogens (primary N) is 1. The molecule has 17 heavy (non-hydrogen) atoms. The molecule has 0 radical (unpaired) electrons. The quantitative estimate of drug-likeness (QED) is 0.864. The fourth-order valence-corrected chi connectivity index (χ4v) is 1.58. The molecule has 94 valence electrons. The van der Waals surface area contributed by atoms with Crippen molar-refractivity contribution in [3.05, 3.63) is 28.2 Å². The van der Waals surface area contributed by atoms with Crippen molar-refractivity contribution in [2.45, 2.75) is 19.2 Å². The van der Waals surface area contributed by atoms with Crippen LogP contribution in [0.25, 0.3) is 0 Å². The van der Waals surface area contributed by atoms with Gasteiger partial charge in [-0.05, 0) is 25.1 Å². The van der Waals surface area contributed by atoms with E-state index < -0.39 is 12.3 Å². The Morgan fingerprint density at radius 1 is 1.47 bits per heavy atom. The molecule has 0 aliphatic rings. The van der Waals surface area contributed by atoms with Gasteiger partial charge in [-0.15, -0.1) is 0 Å². The molecule has 0 aliphatic carbocycles. The number of benzene rings is 1. The summed E-state index contributed by atoms with van der Waals surface area (Å²) in [6, 6.07) is 4.46. The molecule has 1 unspecified atom stereocenters. The lowest BCUT2D eigenvalue weighted by Crippen LogP contribution is -2.31. The fraction of sp³-hybridized carbons (Fsp3) is 0.300. The van der Waals surface area contributed by atoms with Crippen LogP contribution in [0.4, 0.5) is 13.2 Å². The molecule has 1 aromatic carbocycles. The summed E-state index contributed by atoms with van der Waals surface area (Å²) in [7, 11) is 0. The number of rotatable bonds is 3. The van der Waals surface area contributed by atoms with E-state index in [9.17, 15) is 13.2 Å². The van der Waals surface area contributed by atoms with Crippen molar-refractivity contribution in [2.24, 2.45) is 5.73 Å². The molecule has 0 bridgehead atoms. The van der Waals surface area contributed by atoms with Gasteiger partial charge in [0.1, 0.15) is 10.7 Å². The summed E-state index contributed by atoms with van der Waals surface area (Å²) in [5, 5.41) is 0. The number of alkyl halides is 3. The maximum atomic E-state index is 12.3. The molecule has 1 aromatic rings. The van der Waals surface area contributed by atoms with Crippen LogP contribution in [0.15, 0.2) is 22.7 Å². The Morgan fingerprint density at radius 2 is 2.06 bits per heavy atom. The van der Waals surface area contributed by atoms with Gasteiger partial charge in [-0.2, -0.15) is 13.2 Å². The molecular formula is C10H9BrF3NOS. The highest BCUT2D eigenvalue weighted by atomic mass is 79.9. The molecule has 1 rings (SSSR count). The zero-order valence-electron chi connectivity index (χ0n) is 8.72. The zero-order valence-corrected chi connectivity index (χ0v) is 11.1. The molecule has 1 atom stereocenters. The van der Waals surface area contributed by atoms with Crippen molar-refractivity contribution in [2.75, 3.05) is 0 Å². The molecule has 0 heterocycles. The Labute approximate surface area is 110 Å². The summed E-state index contributed by atoms with van der Waals surface area (Å²) in [5.41, 5.74) is 5.69. The number of hydrogen-bond acceptors (Lipinski definition) is 2. The van der Waals surface area contributed by atoms with Gasteiger partial charge in [0.15, 0.2) is 6.10 Å². The van der Waals surface area contributed by atoms with Crippen molar-refractivity contribution >= 4 is 33.1 Å². The van der Waals surface area contributed by atoms with E-state index in [1.54, 1.807) is 6.07 Å². The summed E-state index contributed by atoms with van der Waals surface area (Å²) in [6.07, 6.45) is -6.35. The lowest BCUT2D eigenvalue weighted by Gasteiger charge is -2.19. The van der Waals surface area contributed by atoms with Crippen LogP contribution in [0, 0.1) is 0 Å². The summed E-state index contributed by atoms with van der Waals surface area (Å²) in [5.74, 6) is 0.0190. The monoisotopic (exact) mass is 327 g/mol. The fourth-order valence-electron chi connectivity index (χ4n) is 1.05. The topological polar surface area (TPSA) is 35.2 Å². The molecule has 0 spiro atoms. The van der Waals surface area contributed by atoms with Gasteiger partial charge in [0.25, 0.3) is 0 Å². The minimum atomic E-state index is -4.43. The third-order valence-corrected chi connectivity index (χ3v) is 2.68. The third kappa shape index (κ3) is 3.85. The molecule has 0 saturated heterocycles. The van der Waals surface area contributed by atoms with Crippen molar-refractivity contribution in [1.29, 1.82) is 0 Å². The van der Waals surface area contributed by atoms with Crippen LogP contribution in [0.3, 0.4) is 0 Å². The van der Waals surface area contributed by atoms with E-state index in [1.807, 2.05) is 0 Å². The van der Waals surface area contributed by atoms with Crippen molar-refractivity contribution in [1.82, 2.24) is 0 Å². The highest BCUT2D eigenvalue weighted by molar-refractivity contribution is 9.10. The largest absolute Gasteiger partial charge is 0.481 e. The molecule has 0 fully saturated rings. The van der Waals surface area contributed by atoms with Crippen LogP contribution < -0.4 is 10.5 Å². The first kappa shape index (κ1) is 14.2. The van der Waals surface area contributed by atoms with Crippen molar-refractivity contribution in [3.63, 3.8) is 0 Å². The van der Waals surface area contributed by atoms with Gasteiger partial charge < -0.3 is 10.5 Å². The van der Waals surface area contributed by atoms with E-state index in [1.165, 1.54) is 12.1 Å². The van der Waals surface area contributed by atoms with Crippen molar-refractivity contribution < 1.29 is 17.9 Å². The predicted octanol–water partition coefficient (Wildman–Crippen LogP) is 3.41. The van der Waals surface area contributed by atoms with E-state index in [2.05, 4.69) is 15.9 Å². The molecule has 2 nitrogen and oxygen atoms in total. The summed E-state index contributed by atoms with van der Waals surface area (Å²) in [4.78, 5) is -0.0179. The van der Waals surface area contributed by atoms with Crippen LogP contribution in [0.1, 0.15) is 12.5 Å². The lowest BCUT2D eigenvalue weighted by molar-refractivity contribution is -0.189. The second-order valence-electron chi connectivity index (χ2n) is 3.31. The number of halogens is 4. The maximum absolute atomic E-state index is 12.3. The average Bonchev–Trinajstić information content (AvgIpc) is 2.18. The first-order valence-electron chi connectivity index (χ1n) is 4.54. The van der Waals surface area contributed by atoms with E-state index >= 15 is 0 Å². The number of thiocarbonyl (C=S) groups is 1. The number of ether oxygens (including phenoxy) is 1. The molecule has 0 amide bonds. The molecule has 2 N–H and O–H groups in total. The van der Waals surface area contributed by atoms with E-state index in [-0.39, 0.29) is 16.3 Å². The third-order valence-electron chi connectivity index (χ3n) is 1.97. The van der Waals surface area contributed by atoms with E-state index in [4.69, 9.17) is 22.7 Å². The predicted molar refractivity (Wildman–Crippen MR) is 66.2 cm³/mol. The van der Waals surface area contributed by atoms with Gasteiger partial charge >= 0.3 is 6.18 Å². The number of hydrogen-bond donors (Lipinski definition) is 1. The Hall–Kier alpha value is -0.820. The Kier molecular flexibility index (Phi) is 4.37. The highest BCUT2D eigenvalue weighted by Crippen LogP contribution is 2.28. The first-order chi connectivity index (χ1) is 7.71. The highest BCUT2D eigenvalue weighted by Gasteiger charge is 2.38. The average molecular weight is 328 g/mol. The normalized spacial score (nSPS) is 13.2. The summed E-state index contributed by atoms with van der Waals surface area (Å²) < 4.78 is 42.5. The van der Waals surface area contributed by atoms with E-state index in [0.29, 0.717) is 4.47 Å². The Morgan fingerprint density at radius 3 is 2.53 bits per heavy atom. The molecule has 0 aromatic heterocycles. The molecule has 0 saturated carbocycles. The van der Waals surface area contributed by atoms with Gasteiger partial charge in [0.2, 0.25) is 0 Å². The van der Waals surface area contributed by atoms with Crippen LogP contribution in [-0.4, -0.2) is 17.3 Å². The first-order valence-corrected chi connectivity index (χ1v) is 5.74. The van der Waals surface area contributed by atoms with Gasteiger partial charge in [-0.1, -0.05) is 28.1 Å². The molecule has 0 aliphatic heterocycles. The standard InChI is InChI=1S/C10H9BrF3NOS/c1-5(10(12,13)14)16-8-3-2-6(11)4-7(8)9(15)17/h2-5H,1H3,(H2,15,17). The van der Waals surface area contributed by atoms with Gasteiger partial charge in [0.05, 0.1) is 5.56 Å². The van der Waals surface area contributed by atoms with Crippen LogP contribution >= 0.6 is 28.1 Å². The second kappa shape index (κ2) is 5.22. The Bertz CT molecular complexity index is 436. The van der Waals surface area contributed by atoms with Crippen LogP contribution in [-0.2, 0) is 0 Å². The summed E-state index contributed by atoms with van der Waals surface area (Å²) in [6.45, 7) is 0.922. The van der Waals surface area contributed by atoms with E-state index in [0.717, 1.165) is 6.92 Å². The lowest BCUT2D eigenvalue weighted by atomic mass is 10.2. The minimum Gasteiger partial charge on any atom is -0.481 e. The van der Waals surface area contributed by atoms with Crippen LogP contribution in [0.5, 0.6) is 5.75 Å². The zero-order chi connectivity index (χ0) is 13.2. The van der Waals surface area contributed by atoms with Gasteiger partial charge in [-0.3, -0.25) is 0 Å². The van der Waals surface area contributed by atoms with Gasteiger partial charge in [-0.25, -0.2) is 0 Å². The van der Waals surface area contributed by atoms with Gasteiger partial charge in [0, 0.05) is 4.47 Å². The SMILES string of the molecule is CC(Oc1ccc(Br)cc1C(N)=S)C(F)(F)F.